The lowest BCUT2D eigenvalue weighted by atomic mass is 10.1. The number of sulfonamides is 1. The molecule has 1 aromatic carbocycles. The van der Waals surface area contributed by atoms with Gasteiger partial charge in [0.2, 0.25) is 10.0 Å². The zero-order chi connectivity index (χ0) is 17.9. The maximum Gasteiger partial charge on any atom is 0.257 e. The lowest BCUT2D eigenvalue weighted by Gasteiger charge is -2.20. The molecule has 2 aromatic rings. The van der Waals surface area contributed by atoms with Gasteiger partial charge in [-0.05, 0) is 31.5 Å². The summed E-state index contributed by atoms with van der Waals surface area (Å²) in [4.78, 5) is 16.7. The van der Waals surface area contributed by atoms with Gasteiger partial charge in [0.05, 0.1) is 10.6 Å². The number of nitrogens with one attached hydrogen (secondary N) is 1. The highest BCUT2D eigenvalue weighted by Gasteiger charge is 2.24. The molecule has 0 atom stereocenters. The van der Waals surface area contributed by atoms with Crippen LogP contribution < -0.4 is 5.32 Å². The van der Waals surface area contributed by atoms with Crippen LogP contribution in [-0.2, 0) is 10.0 Å². The lowest BCUT2D eigenvalue weighted by molar-refractivity contribution is 0.102. The third-order valence-corrected chi connectivity index (χ3v) is 6.68. The van der Waals surface area contributed by atoms with E-state index in [1.54, 1.807) is 32.9 Å². The standard InChI is InChI=1S/C16H21N3O3S2/c1-5-19(6-2)24(21,22)14-9-13(8-7-11(14)3)15(20)18-16-17-12(4)10-23-16/h7-10H,5-6H2,1-4H3,(H,17,18,20). The van der Waals surface area contributed by atoms with Crippen LogP contribution in [-0.4, -0.2) is 36.7 Å². The van der Waals surface area contributed by atoms with E-state index in [0.717, 1.165) is 5.69 Å². The summed E-state index contributed by atoms with van der Waals surface area (Å²) in [7, 11) is -3.62. The van der Waals surface area contributed by atoms with Crippen LogP contribution >= 0.6 is 11.3 Å². The first-order valence-corrected chi connectivity index (χ1v) is 9.95. The Kier molecular flexibility index (Phi) is 5.74. The second kappa shape index (κ2) is 7.42. The van der Waals surface area contributed by atoms with Crippen molar-refractivity contribution >= 4 is 32.4 Å². The fraction of sp³-hybridized carbons (Fsp3) is 0.375. The molecule has 0 aliphatic rings. The molecule has 0 bridgehead atoms. The number of benzene rings is 1. The van der Waals surface area contributed by atoms with E-state index in [-0.39, 0.29) is 10.8 Å². The highest BCUT2D eigenvalue weighted by Crippen LogP contribution is 2.22. The van der Waals surface area contributed by atoms with Crippen molar-refractivity contribution < 1.29 is 13.2 Å². The van der Waals surface area contributed by atoms with E-state index in [1.807, 2.05) is 12.3 Å². The van der Waals surface area contributed by atoms with Crippen molar-refractivity contribution in [2.45, 2.75) is 32.6 Å². The Labute approximate surface area is 146 Å². The lowest BCUT2D eigenvalue weighted by Crippen LogP contribution is -2.31. The second-order valence-electron chi connectivity index (χ2n) is 5.32. The molecule has 2 rings (SSSR count). The zero-order valence-electron chi connectivity index (χ0n) is 14.2. The minimum atomic E-state index is -3.62. The van der Waals surface area contributed by atoms with Gasteiger partial charge in [-0.1, -0.05) is 19.9 Å². The Morgan fingerprint density at radius 3 is 2.46 bits per heavy atom. The van der Waals surface area contributed by atoms with Gasteiger partial charge in [-0.15, -0.1) is 11.3 Å². The average Bonchev–Trinajstić information content (AvgIpc) is 2.93. The number of aromatic nitrogens is 1. The first-order valence-electron chi connectivity index (χ1n) is 7.63. The summed E-state index contributed by atoms with van der Waals surface area (Å²) in [6.07, 6.45) is 0. The van der Waals surface area contributed by atoms with Crippen molar-refractivity contribution in [1.82, 2.24) is 9.29 Å². The van der Waals surface area contributed by atoms with Crippen molar-refractivity contribution in [3.8, 4) is 0 Å². The van der Waals surface area contributed by atoms with E-state index in [9.17, 15) is 13.2 Å². The van der Waals surface area contributed by atoms with E-state index in [4.69, 9.17) is 0 Å². The topological polar surface area (TPSA) is 79.4 Å². The summed E-state index contributed by atoms with van der Waals surface area (Å²) in [5.74, 6) is -0.375. The first kappa shape index (κ1) is 18.6. The molecule has 130 valence electrons. The van der Waals surface area contributed by atoms with Crippen molar-refractivity contribution in [3.63, 3.8) is 0 Å². The van der Waals surface area contributed by atoms with Crippen LogP contribution in [0.3, 0.4) is 0 Å². The SMILES string of the molecule is CCN(CC)S(=O)(=O)c1cc(C(=O)Nc2nc(C)cs2)ccc1C. The van der Waals surface area contributed by atoms with E-state index >= 15 is 0 Å². The Balaban J connectivity index is 2.36. The number of carbonyl (C=O) groups excluding carboxylic acids is 1. The van der Waals surface area contributed by atoms with Crippen molar-refractivity contribution in [3.05, 3.63) is 40.4 Å². The first-order chi connectivity index (χ1) is 11.3. The summed E-state index contributed by atoms with van der Waals surface area (Å²) in [5.41, 5.74) is 1.73. The van der Waals surface area contributed by atoms with E-state index in [0.29, 0.717) is 29.3 Å². The fourth-order valence-corrected chi connectivity index (χ4v) is 4.69. The van der Waals surface area contributed by atoms with Crippen LogP contribution in [0.4, 0.5) is 5.13 Å². The number of rotatable bonds is 6. The predicted molar refractivity (Wildman–Crippen MR) is 96.1 cm³/mol. The molecule has 8 heteroatoms. The maximum atomic E-state index is 12.7. The van der Waals surface area contributed by atoms with Gasteiger partial charge >= 0.3 is 0 Å². The number of carbonyl (C=O) groups is 1. The van der Waals surface area contributed by atoms with Crippen LogP contribution in [0.1, 0.15) is 35.5 Å². The largest absolute Gasteiger partial charge is 0.298 e. The Morgan fingerprint density at radius 1 is 1.25 bits per heavy atom. The summed E-state index contributed by atoms with van der Waals surface area (Å²) in [6.45, 7) is 7.91. The molecule has 0 aliphatic heterocycles. The molecule has 0 spiro atoms. The molecule has 1 amide bonds. The number of aryl methyl sites for hydroxylation is 2. The molecule has 1 N–H and O–H groups in total. The summed E-state index contributed by atoms with van der Waals surface area (Å²) in [5, 5.41) is 5.02. The summed E-state index contributed by atoms with van der Waals surface area (Å²) >= 11 is 1.33. The molecule has 0 fully saturated rings. The van der Waals surface area contributed by atoms with Crippen LogP contribution in [0.2, 0.25) is 0 Å². The number of hydrogen-bond donors (Lipinski definition) is 1. The molecule has 1 aromatic heterocycles. The molecular formula is C16H21N3O3S2. The summed E-state index contributed by atoms with van der Waals surface area (Å²) < 4.78 is 26.8. The van der Waals surface area contributed by atoms with Gasteiger partial charge in [-0.2, -0.15) is 4.31 Å². The molecule has 0 aliphatic carbocycles. The van der Waals surface area contributed by atoms with Crippen molar-refractivity contribution in [2.24, 2.45) is 0 Å². The number of amides is 1. The van der Waals surface area contributed by atoms with Crippen molar-refractivity contribution in [1.29, 1.82) is 0 Å². The van der Waals surface area contributed by atoms with Gasteiger partial charge in [-0.25, -0.2) is 13.4 Å². The molecule has 0 saturated heterocycles. The Bertz CT molecular complexity index is 840. The van der Waals surface area contributed by atoms with Gasteiger partial charge < -0.3 is 0 Å². The molecule has 1 heterocycles. The van der Waals surface area contributed by atoms with Gasteiger partial charge in [0, 0.05) is 24.0 Å². The highest BCUT2D eigenvalue weighted by molar-refractivity contribution is 7.89. The van der Waals surface area contributed by atoms with E-state index in [1.165, 1.54) is 21.7 Å². The van der Waals surface area contributed by atoms with Gasteiger partial charge in [-0.3, -0.25) is 10.1 Å². The number of hydrogen-bond acceptors (Lipinski definition) is 5. The van der Waals surface area contributed by atoms with Crippen LogP contribution in [0.5, 0.6) is 0 Å². The third kappa shape index (κ3) is 3.82. The normalized spacial score (nSPS) is 11.7. The van der Waals surface area contributed by atoms with E-state index < -0.39 is 10.0 Å². The van der Waals surface area contributed by atoms with Crippen LogP contribution in [0, 0.1) is 13.8 Å². The van der Waals surface area contributed by atoms with E-state index in [2.05, 4.69) is 10.3 Å². The summed E-state index contributed by atoms with van der Waals surface area (Å²) in [6, 6.07) is 4.70. The minimum absolute atomic E-state index is 0.161. The van der Waals surface area contributed by atoms with Crippen LogP contribution in [0.15, 0.2) is 28.5 Å². The maximum absolute atomic E-state index is 12.7. The molecule has 0 saturated carbocycles. The Morgan fingerprint density at radius 2 is 1.92 bits per heavy atom. The van der Waals surface area contributed by atoms with Gasteiger partial charge in [0.1, 0.15) is 0 Å². The van der Waals surface area contributed by atoms with Crippen LogP contribution in [0.25, 0.3) is 0 Å². The van der Waals surface area contributed by atoms with Gasteiger partial charge in [0.25, 0.3) is 5.91 Å². The molecular weight excluding hydrogens is 346 g/mol. The van der Waals surface area contributed by atoms with Crippen molar-refractivity contribution in [2.75, 3.05) is 18.4 Å². The quantitative estimate of drug-likeness (QED) is 0.851. The zero-order valence-corrected chi connectivity index (χ0v) is 15.8. The molecule has 24 heavy (non-hydrogen) atoms. The minimum Gasteiger partial charge on any atom is -0.298 e. The van der Waals surface area contributed by atoms with Gasteiger partial charge in [0.15, 0.2) is 5.13 Å². The smallest absolute Gasteiger partial charge is 0.257 e. The number of thiazole rings is 1. The molecule has 0 radical (unpaired) electrons. The second-order valence-corrected chi connectivity index (χ2v) is 8.08. The predicted octanol–water partition coefficient (Wildman–Crippen LogP) is 3.04. The number of nitrogens with zero attached hydrogens (tertiary/aromatic N) is 2. The highest BCUT2D eigenvalue weighted by atomic mass is 32.2. The monoisotopic (exact) mass is 367 g/mol. The average molecular weight is 367 g/mol. The molecule has 0 unspecified atom stereocenters. The third-order valence-electron chi connectivity index (χ3n) is 3.61. The molecule has 6 nitrogen and oxygen atoms in total. The Hall–Kier alpha value is -1.77. The fourth-order valence-electron chi connectivity index (χ4n) is 2.30. The number of anilines is 1.